The van der Waals surface area contributed by atoms with Crippen LogP contribution in [-0.2, 0) is 4.74 Å². The molecule has 1 aliphatic heterocycles. The molecule has 7 heteroatoms. The van der Waals surface area contributed by atoms with E-state index in [1.165, 1.54) is 10.8 Å². The molecule has 0 unspecified atom stereocenters. The molecular formula is C29H28N2O5. The minimum Gasteiger partial charge on any atom is -0.394 e. The molecule has 5 rings (SSSR count). The number of aliphatic hydroxyl groups excluding tert-OH is 2. The number of ether oxygens (including phenoxy) is 1. The second-order valence-corrected chi connectivity index (χ2v) is 9.17. The van der Waals surface area contributed by atoms with Crippen molar-refractivity contribution in [2.75, 3.05) is 6.61 Å². The molecule has 1 aliphatic rings. The van der Waals surface area contributed by atoms with Crippen molar-refractivity contribution in [1.29, 1.82) is 0 Å². The summed E-state index contributed by atoms with van der Waals surface area (Å²) in [5.41, 5.74) is 3.29. The molecule has 0 saturated carbocycles. The number of H-pyrrole nitrogens is 1. The predicted octanol–water partition coefficient (Wildman–Crippen LogP) is 3.06. The van der Waals surface area contributed by atoms with Gasteiger partial charge >= 0.3 is 5.69 Å². The predicted molar refractivity (Wildman–Crippen MR) is 136 cm³/mol. The van der Waals surface area contributed by atoms with Gasteiger partial charge in [0.05, 0.1) is 18.6 Å². The van der Waals surface area contributed by atoms with Gasteiger partial charge in [-0.3, -0.25) is 14.3 Å². The Bertz CT molecular complexity index is 1410. The Morgan fingerprint density at radius 2 is 1.53 bits per heavy atom. The van der Waals surface area contributed by atoms with Gasteiger partial charge in [0.25, 0.3) is 5.56 Å². The van der Waals surface area contributed by atoms with E-state index in [4.69, 9.17) is 4.74 Å². The second-order valence-electron chi connectivity index (χ2n) is 9.17. The Morgan fingerprint density at radius 3 is 2.14 bits per heavy atom. The Kier molecular flexibility index (Phi) is 6.69. The van der Waals surface area contributed by atoms with E-state index in [9.17, 15) is 19.8 Å². The minimum atomic E-state index is -1.05. The fourth-order valence-electron chi connectivity index (χ4n) is 5.08. The fourth-order valence-corrected chi connectivity index (χ4v) is 5.08. The molecule has 4 atom stereocenters. The Morgan fingerprint density at radius 1 is 0.917 bits per heavy atom. The number of aromatic amines is 1. The van der Waals surface area contributed by atoms with Gasteiger partial charge in [0.15, 0.2) is 0 Å². The number of aliphatic hydroxyl groups is 2. The first-order chi connectivity index (χ1) is 17.5. The van der Waals surface area contributed by atoms with Crippen molar-refractivity contribution < 1.29 is 14.9 Å². The van der Waals surface area contributed by atoms with Crippen LogP contribution in [0.3, 0.4) is 0 Å². The van der Waals surface area contributed by atoms with Crippen molar-refractivity contribution in [3.8, 4) is 0 Å². The number of nitrogens with one attached hydrogen (secondary N) is 1. The monoisotopic (exact) mass is 484 g/mol. The van der Waals surface area contributed by atoms with Gasteiger partial charge in [-0.15, -0.1) is 0 Å². The van der Waals surface area contributed by atoms with Crippen molar-refractivity contribution in [1.82, 2.24) is 9.55 Å². The van der Waals surface area contributed by atoms with E-state index in [1.807, 2.05) is 60.7 Å². The van der Waals surface area contributed by atoms with Crippen molar-refractivity contribution >= 4 is 0 Å². The highest BCUT2D eigenvalue weighted by molar-refractivity contribution is 5.45. The highest BCUT2D eigenvalue weighted by atomic mass is 16.5. The first-order valence-corrected chi connectivity index (χ1v) is 11.9. The lowest BCUT2D eigenvalue weighted by Crippen LogP contribution is -2.35. The zero-order valence-electron chi connectivity index (χ0n) is 19.8. The van der Waals surface area contributed by atoms with Crippen LogP contribution in [-0.4, -0.2) is 38.6 Å². The Balaban J connectivity index is 1.62. The summed E-state index contributed by atoms with van der Waals surface area (Å²) >= 11 is 0. The summed E-state index contributed by atoms with van der Waals surface area (Å²) in [6, 6.07) is 28.3. The van der Waals surface area contributed by atoms with Crippen LogP contribution >= 0.6 is 0 Å². The maximum atomic E-state index is 12.7. The van der Waals surface area contributed by atoms with Crippen LogP contribution in [0.15, 0.2) is 101 Å². The molecule has 0 spiro atoms. The van der Waals surface area contributed by atoms with Gasteiger partial charge in [0.2, 0.25) is 0 Å². The quantitative estimate of drug-likeness (QED) is 0.365. The van der Waals surface area contributed by atoms with E-state index in [-0.39, 0.29) is 5.92 Å². The third-order valence-corrected chi connectivity index (χ3v) is 6.86. The molecule has 1 aromatic heterocycles. The Labute approximate surface area is 208 Å². The topological polar surface area (TPSA) is 105 Å². The first kappa shape index (κ1) is 23.9. The van der Waals surface area contributed by atoms with Gasteiger partial charge in [-0.25, -0.2) is 4.79 Å². The highest BCUT2D eigenvalue weighted by Crippen LogP contribution is 2.43. The van der Waals surface area contributed by atoms with Gasteiger partial charge in [-0.2, -0.15) is 0 Å². The van der Waals surface area contributed by atoms with Gasteiger partial charge in [0.1, 0.15) is 12.3 Å². The average Bonchev–Trinajstić information content (AvgIpc) is 3.23. The maximum Gasteiger partial charge on any atom is 0.330 e. The molecule has 0 radical (unpaired) electrons. The molecule has 3 aromatic carbocycles. The summed E-state index contributed by atoms with van der Waals surface area (Å²) in [4.78, 5) is 26.9. The number of aromatic nitrogens is 2. The minimum absolute atomic E-state index is 0.0445. The molecule has 4 aromatic rings. The molecular weight excluding hydrogens is 456 g/mol. The summed E-state index contributed by atoms with van der Waals surface area (Å²) in [5, 5.41) is 21.0. The summed E-state index contributed by atoms with van der Waals surface area (Å²) in [6.07, 6.45) is -1.39. The van der Waals surface area contributed by atoms with Crippen LogP contribution in [0.4, 0.5) is 0 Å². The van der Waals surface area contributed by atoms with Gasteiger partial charge in [-0.05, 0) is 29.2 Å². The summed E-state index contributed by atoms with van der Waals surface area (Å²) in [7, 11) is 0. The van der Waals surface area contributed by atoms with Gasteiger partial charge in [-0.1, -0.05) is 84.9 Å². The summed E-state index contributed by atoms with van der Waals surface area (Å²) < 4.78 is 7.25. The van der Waals surface area contributed by atoms with Crippen LogP contribution in [0.1, 0.15) is 45.9 Å². The average molecular weight is 485 g/mol. The second kappa shape index (κ2) is 10.1. The first-order valence-electron chi connectivity index (χ1n) is 11.9. The van der Waals surface area contributed by atoms with E-state index in [2.05, 4.69) is 29.2 Å². The number of nitrogens with zero attached hydrogens (tertiary/aromatic N) is 1. The molecule has 0 bridgehead atoms. The number of rotatable bonds is 6. The van der Waals surface area contributed by atoms with E-state index < -0.39 is 42.2 Å². The van der Waals surface area contributed by atoms with Crippen molar-refractivity contribution in [2.24, 2.45) is 0 Å². The smallest absolute Gasteiger partial charge is 0.330 e. The van der Waals surface area contributed by atoms with Crippen molar-refractivity contribution in [3.05, 3.63) is 140 Å². The third kappa shape index (κ3) is 4.44. The molecule has 184 valence electrons. The molecule has 7 nitrogen and oxygen atoms in total. The molecule has 0 amide bonds. The van der Waals surface area contributed by atoms with Gasteiger partial charge < -0.3 is 14.9 Å². The molecule has 0 aliphatic carbocycles. The molecule has 1 saturated heterocycles. The Hall–Kier alpha value is -3.78. The van der Waals surface area contributed by atoms with Crippen LogP contribution in [0.2, 0.25) is 0 Å². The summed E-state index contributed by atoms with van der Waals surface area (Å²) in [6.45, 7) is 1.20. The number of aryl methyl sites for hydroxylation is 1. The van der Waals surface area contributed by atoms with Crippen LogP contribution in [0.25, 0.3) is 0 Å². The lowest BCUT2D eigenvalue weighted by Gasteiger charge is -2.25. The number of hydrogen-bond donors (Lipinski definition) is 3. The van der Waals surface area contributed by atoms with E-state index >= 15 is 0 Å². The van der Waals surface area contributed by atoms with Crippen LogP contribution in [0.5, 0.6) is 0 Å². The highest BCUT2D eigenvalue weighted by Gasteiger charge is 2.45. The van der Waals surface area contributed by atoms with E-state index in [0.29, 0.717) is 5.56 Å². The zero-order valence-corrected chi connectivity index (χ0v) is 19.8. The fraction of sp³-hybridized carbons (Fsp3) is 0.241. The normalized spacial score (nSPS) is 21.7. The molecule has 2 heterocycles. The number of benzene rings is 3. The largest absolute Gasteiger partial charge is 0.394 e. The maximum absolute atomic E-state index is 12.7. The molecule has 3 N–H and O–H groups in total. The lowest BCUT2D eigenvalue weighted by atomic mass is 9.82. The van der Waals surface area contributed by atoms with Crippen LogP contribution in [0, 0.1) is 6.92 Å². The van der Waals surface area contributed by atoms with Crippen LogP contribution < -0.4 is 11.2 Å². The summed E-state index contributed by atoms with van der Waals surface area (Å²) in [5.74, 6) is -0.686. The standard InChI is InChI=1S/C29H28N2O5/c1-18-16-31(29(35)30-27(18)34)28-25(26(33)23(17-32)36-28)22-14-8-13-21(15-22)24(19-9-4-2-5-10-19)20-11-6-3-7-12-20/h2-16,23-26,28,32-33H,17H2,1H3,(H,30,34,35)/t23-,25-,26+,28-/m1/s1. The van der Waals surface area contributed by atoms with Crippen molar-refractivity contribution in [3.63, 3.8) is 0 Å². The SMILES string of the molecule is Cc1cn([C@@H]2O[C@H](CO)[C@H](O)[C@H]2c2cccc(C(c3ccccc3)c3ccccc3)c2)c(=O)[nH]c1=O. The number of hydrogen-bond acceptors (Lipinski definition) is 5. The van der Waals surface area contributed by atoms with E-state index in [1.54, 1.807) is 6.92 Å². The van der Waals surface area contributed by atoms with E-state index in [0.717, 1.165) is 22.3 Å². The molecule has 1 fully saturated rings. The third-order valence-electron chi connectivity index (χ3n) is 6.86. The zero-order chi connectivity index (χ0) is 25.2. The molecule has 36 heavy (non-hydrogen) atoms. The van der Waals surface area contributed by atoms with Gasteiger partial charge in [0, 0.05) is 17.7 Å². The lowest BCUT2D eigenvalue weighted by molar-refractivity contribution is -0.0466. The van der Waals surface area contributed by atoms with Crippen molar-refractivity contribution in [2.45, 2.75) is 37.2 Å².